The highest BCUT2D eigenvalue weighted by Gasteiger charge is 2.06. The molecule has 3 aromatic rings. The van der Waals surface area contributed by atoms with E-state index in [1.807, 2.05) is 53.3 Å². The first-order valence-electron chi connectivity index (χ1n) is 7.94. The highest BCUT2D eigenvalue weighted by Crippen LogP contribution is 2.19. The van der Waals surface area contributed by atoms with Crippen LogP contribution in [0.15, 0.2) is 54.7 Å². The summed E-state index contributed by atoms with van der Waals surface area (Å²) in [5, 5.41) is 12.1. The molecule has 4 nitrogen and oxygen atoms in total. The van der Waals surface area contributed by atoms with Gasteiger partial charge in [0.15, 0.2) is 10.9 Å². The van der Waals surface area contributed by atoms with Crippen LogP contribution in [0.5, 0.6) is 0 Å². The van der Waals surface area contributed by atoms with Crippen LogP contribution in [0, 0.1) is 13.8 Å². The summed E-state index contributed by atoms with van der Waals surface area (Å²) in [5.41, 5.74) is 4.41. The second-order valence-electron chi connectivity index (χ2n) is 5.82. The van der Waals surface area contributed by atoms with E-state index in [0.29, 0.717) is 17.5 Å². The van der Waals surface area contributed by atoms with Gasteiger partial charge in [0.25, 0.3) is 0 Å². The predicted molar refractivity (Wildman–Crippen MR) is 109 cm³/mol. The first kappa shape index (κ1) is 17.5. The minimum atomic E-state index is 0.511. The summed E-state index contributed by atoms with van der Waals surface area (Å²) in [7, 11) is 0. The van der Waals surface area contributed by atoms with Gasteiger partial charge in [-0.3, -0.25) is 4.68 Å². The molecule has 0 atom stereocenters. The van der Waals surface area contributed by atoms with Gasteiger partial charge in [-0.15, -0.1) is 0 Å². The Labute approximate surface area is 157 Å². The zero-order valence-corrected chi connectivity index (χ0v) is 15.7. The van der Waals surface area contributed by atoms with E-state index in [2.05, 4.69) is 35.6 Å². The third-order valence-corrected chi connectivity index (χ3v) is 4.60. The summed E-state index contributed by atoms with van der Waals surface area (Å²) in [6.07, 6.45) is 1.90. The number of nitrogens with zero attached hydrogens (tertiary/aromatic N) is 2. The lowest BCUT2D eigenvalue weighted by Gasteiger charge is -2.12. The van der Waals surface area contributed by atoms with Crippen molar-refractivity contribution in [1.29, 1.82) is 0 Å². The van der Waals surface area contributed by atoms with Crippen molar-refractivity contribution in [1.82, 2.24) is 9.78 Å². The maximum Gasteiger partial charge on any atom is 0.176 e. The molecule has 0 aliphatic heterocycles. The molecule has 0 aliphatic rings. The first-order valence-corrected chi connectivity index (χ1v) is 8.72. The van der Waals surface area contributed by atoms with Gasteiger partial charge in [0.2, 0.25) is 0 Å². The van der Waals surface area contributed by atoms with Crippen molar-refractivity contribution < 1.29 is 0 Å². The molecule has 1 aromatic heterocycles. The van der Waals surface area contributed by atoms with Gasteiger partial charge in [0, 0.05) is 23.0 Å². The number of aromatic nitrogens is 2. The Balaban J connectivity index is 1.64. The van der Waals surface area contributed by atoms with Crippen molar-refractivity contribution in [3.05, 3.63) is 76.4 Å². The van der Waals surface area contributed by atoms with Crippen LogP contribution in [-0.4, -0.2) is 14.9 Å². The van der Waals surface area contributed by atoms with Crippen LogP contribution < -0.4 is 10.6 Å². The molecule has 0 amide bonds. The third-order valence-electron chi connectivity index (χ3n) is 4.03. The second-order valence-corrected chi connectivity index (χ2v) is 6.63. The van der Waals surface area contributed by atoms with Gasteiger partial charge in [-0.25, -0.2) is 0 Å². The number of thiocarbonyl (C=S) groups is 1. The molecule has 2 N–H and O–H groups in total. The molecule has 128 valence electrons. The number of nitrogens with one attached hydrogen (secondary N) is 2. The fourth-order valence-corrected chi connectivity index (χ4v) is 2.88. The lowest BCUT2D eigenvalue weighted by Crippen LogP contribution is -2.20. The average Bonchev–Trinajstić information content (AvgIpc) is 3.01. The second kappa shape index (κ2) is 7.68. The smallest absolute Gasteiger partial charge is 0.176 e. The maximum atomic E-state index is 6.20. The SMILES string of the molecule is Cc1cccc(NC(=S)Nc2ccn(Cc3ccccc3Cl)n2)c1C. The quantitative estimate of drug-likeness (QED) is 0.633. The van der Waals surface area contributed by atoms with E-state index in [1.165, 1.54) is 11.1 Å². The number of rotatable bonds is 4. The molecule has 3 rings (SSSR count). The van der Waals surface area contributed by atoms with Crippen LogP contribution in [0.1, 0.15) is 16.7 Å². The zero-order chi connectivity index (χ0) is 17.8. The topological polar surface area (TPSA) is 41.9 Å². The van der Waals surface area contributed by atoms with Gasteiger partial charge >= 0.3 is 0 Å². The van der Waals surface area contributed by atoms with Crippen LogP contribution >= 0.6 is 23.8 Å². The predicted octanol–water partition coefficient (Wildman–Crippen LogP) is 5.01. The summed E-state index contributed by atoms with van der Waals surface area (Å²) >= 11 is 11.6. The van der Waals surface area contributed by atoms with Gasteiger partial charge in [0.05, 0.1) is 6.54 Å². The maximum absolute atomic E-state index is 6.20. The van der Waals surface area contributed by atoms with Crippen molar-refractivity contribution in [2.24, 2.45) is 0 Å². The summed E-state index contributed by atoms with van der Waals surface area (Å²) in [5.74, 6) is 0.690. The number of benzene rings is 2. The number of hydrogen-bond acceptors (Lipinski definition) is 2. The largest absolute Gasteiger partial charge is 0.332 e. The highest BCUT2D eigenvalue weighted by molar-refractivity contribution is 7.80. The molecule has 0 bridgehead atoms. The van der Waals surface area contributed by atoms with E-state index in [-0.39, 0.29) is 0 Å². The number of halogens is 1. The molecular weight excluding hydrogens is 352 g/mol. The molecule has 6 heteroatoms. The summed E-state index contributed by atoms with van der Waals surface area (Å²) < 4.78 is 1.82. The first-order chi connectivity index (χ1) is 12.0. The van der Waals surface area contributed by atoms with Gasteiger partial charge in [-0.05, 0) is 54.9 Å². The summed E-state index contributed by atoms with van der Waals surface area (Å²) in [6.45, 7) is 4.75. The van der Waals surface area contributed by atoms with E-state index in [1.54, 1.807) is 0 Å². The Hall–Kier alpha value is -2.37. The van der Waals surface area contributed by atoms with Gasteiger partial charge in [0.1, 0.15) is 0 Å². The van der Waals surface area contributed by atoms with E-state index in [0.717, 1.165) is 16.3 Å². The molecule has 0 fully saturated rings. The monoisotopic (exact) mass is 370 g/mol. The van der Waals surface area contributed by atoms with Crippen LogP contribution in [-0.2, 0) is 6.54 Å². The number of hydrogen-bond donors (Lipinski definition) is 2. The van der Waals surface area contributed by atoms with Crippen molar-refractivity contribution >= 4 is 40.4 Å². The highest BCUT2D eigenvalue weighted by atomic mass is 35.5. The van der Waals surface area contributed by atoms with Crippen molar-refractivity contribution in [3.8, 4) is 0 Å². The minimum absolute atomic E-state index is 0.511. The molecule has 0 saturated carbocycles. The molecule has 0 radical (unpaired) electrons. The number of aryl methyl sites for hydroxylation is 1. The summed E-state index contributed by atoms with van der Waals surface area (Å²) in [6, 6.07) is 15.7. The molecule has 0 aliphatic carbocycles. The zero-order valence-electron chi connectivity index (χ0n) is 14.1. The van der Waals surface area contributed by atoms with E-state index >= 15 is 0 Å². The Morgan fingerprint density at radius 3 is 2.68 bits per heavy atom. The molecule has 0 unspecified atom stereocenters. The van der Waals surface area contributed by atoms with Crippen LogP contribution in [0.3, 0.4) is 0 Å². The van der Waals surface area contributed by atoms with Gasteiger partial charge in [-0.2, -0.15) is 5.10 Å². The molecule has 1 heterocycles. The van der Waals surface area contributed by atoms with Crippen molar-refractivity contribution in [3.63, 3.8) is 0 Å². The molecule has 0 spiro atoms. The van der Waals surface area contributed by atoms with Gasteiger partial charge in [-0.1, -0.05) is 41.9 Å². The Kier molecular flexibility index (Phi) is 5.36. The minimum Gasteiger partial charge on any atom is -0.332 e. The lowest BCUT2D eigenvalue weighted by molar-refractivity contribution is 0.690. The van der Waals surface area contributed by atoms with E-state index in [4.69, 9.17) is 23.8 Å². The van der Waals surface area contributed by atoms with Crippen LogP contribution in [0.4, 0.5) is 11.5 Å². The normalized spacial score (nSPS) is 10.5. The Bertz CT molecular complexity index is 904. The fourth-order valence-electron chi connectivity index (χ4n) is 2.47. The Morgan fingerprint density at radius 1 is 1.08 bits per heavy atom. The van der Waals surface area contributed by atoms with Gasteiger partial charge < -0.3 is 10.6 Å². The molecular formula is C19H19ClN4S. The van der Waals surface area contributed by atoms with Crippen LogP contribution in [0.2, 0.25) is 5.02 Å². The number of anilines is 2. The Morgan fingerprint density at radius 2 is 1.88 bits per heavy atom. The molecule has 0 saturated heterocycles. The van der Waals surface area contributed by atoms with E-state index < -0.39 is 0 Å². The molecule has 25 heavy (non-hydrogen) atoms. The molecule has 2 aromatic carbocycles. The van der Waals surface area contributed by atoms with E-state index in [9.17, 15) is 0 Å². The third kappa shape index (κ3) is 4.38. The average molecular weight is 371 g/mol. The summed E-state index contributed by atoms with van der Waals surface area (Å²) in [4.78, 5) is 0. The van der Waals surface area contributed by atoms with Crippen molar-refractivity contribution in [2.75, 3.05) is 10.6 Å². The van der Waals surface area contributed by atoms with Crippen LogP contribution in [0.25, 0.3) is 0 Å². The fraction of sp³-hybridized carbons (Fsp3) is 0.158. The lowest BCUT2D eigenvalue weighted by atomic mass is 10.1. The van der Waals surface area contributed by atoms with Crippen molar-refractivity contribution in [2.45, 2.75) is 20.4 Å². The standard InChI is InChI=1S/C19H19ClN4S/c1-13-6-5-9-17(14(13)2)21-19(25)22-18-10-11-24(23-18)12-15-7-3-4-8-16(15)20/h3-11H,12H2,1-2H3,(H2,21,22,23,25).